The van der Waals surface area contributed by atoms with Crippen molar-refractivity contribution in [1.82, 2.24) is 0 Å². The highest BCUT2D eigenvalue weighted by atomic mass is 14.8. The van der Waals surface area contributed by atoms with Crippen LogP contribution in [0.4, 0.5) is 0 Å². The Hall–Kier alpha value is -1.63. The molecule has 1 atom stereocenters. The molecule has 0 saturated carbocycles. The Morgan fingerprint density at radius 2 is 2.21 bits per heavy atom. The Kier molecular flexibility index (Phi) is 4.36. The maximum Gasteiger partial charge on any atom is 0.0751 e. The van der Waals surface area contributed by atoms with Crippen LogP contribution < -0.4 is 0 Å². The maximum absolute atomic E-state index is 4.79. The highest BCUT2D eigenvalue weighted by Crippen LogP contribution is 2.25. The number of rotatable bonds is 3. The minimum Gasteiger partial charge on any atom is -0.277 e. The summed E-state index contributed by atoms with van der Waals surface area (Å²) in [6, 6.07) is 0.280. The lowest BCUT2D eigenvalue weighted by molar-refractivity contribution is 0.770. The van der Waals surface area contributed by atoms with Gasteiger partial charge in [0.25, 0.3) is 0 Å². The van der Waals surface area contributed by atoms with Crippen LogP contribution in [0.15, 0.2) is 64.2 Å². The first-order valence-corrected chi connectivity index (χ1v) is 7.03. The van der Waals surface area contributed by atoms with Crippen molar-refractivity contribution in [2.45, 2.75) is 46.1 Å². The molecule has 1 heterocycles. The van der Waals surface area contributed by atoms with E-state index in [2.05, 4.69) is 51.7 Å². The summed E-state index contributed by atoms with van der Waals surface area (Å²) in [5.41, 5.74) is 6.49. The summed E-state index contributed by atoms with van der Waals surface area (Å²) in [7, 11) is 0. The molecule has 1 nitrogen and oxygen atoms in total. The number of allylic oxidation sites excluding steroid dienone is 7. The van der Waals surface area contributed by atoms with Gasteiger partial charge in [0.2, 0.25) is 0 Å². The second-order valence-corrected chi connectivity index (χ2v) is 5.39. The average molecular weight is 253 g/mol. The van der Waals surface area contributed by atoms with Gasteiger partial charge in [0.15, 0.2) is 0 Å². The molecule has 0 aromatic rings. The molecule has 1 aliphatic heterocycles. The lowest BCUT2D eigenvalue weighted by Crippen LogP contribution is -2.14. The third kappa shape index (κ3) is 3.23. The first kappa shape index (κ1) is 13.8. The lowest BCUT2D eigenvalue weighted by atomic mass is 9.93. The number of dihydropyridines is 1. The molecule has 0 fully saturated rings. The molecule has 1 heteroatoms. The fourth-order valence-corrected chi connectivity index (χ4v) is 2.58. The van der Waals surface area contributed by atoms with Crippen LogP contribution in [0.5, 0.6) is 0 Å². The maximum atomic E-state index is 4.79. The van der Waals surface area contributed by atoms with E-state index < -0.39 is 0 Å². The van der Waals surface area contributed by atoms with Gasteiger partial charge in [-0.2, -0.15) is 0 Å². The van der Waals surface area contributed by atoms with Gasteiger partial charge in [-0.15, -0.1) is 0 Å². The minimum atomic E-state index is 0.280. The van der Waals surface area contributed by atoms with E-state index in [0.29, 0.717) is 0 Å². The number of aliphatic imine (C=N–C) groups is 1. The number of hydrogen-bond donors (Lipinski definition) is 0. The Balaban J connectivity index is 2.21. The van der Waals surface area contributed by atoms with E-state index in [1.165, 1.54) is 22.3 Å². The summed E-state index contributed by atoms with van der Waals surface area (Å²) >= 11 is 0. The van der Waals surface area contributed by atoms with Gasteiger partial charge in [-0.05, 0) is 68.4 Å². The van der Waals surface area contributed by atoms with Gasteiger partial charge in [-0.3, -0.25) is 4.99 Å². The summed E-state index contributed by atoms with van der Waals surface area (Å²) < 4.78 is 0. The second kappa shape index (κ2) is 6.01. The molecule has 0 aromatic carbocycles. The monoisotopic (exact) mass is 253 g/mol. The summed E-state index contributed by atoms with van der Waals surface area (Å²) in [4.78, 5) is 4.79. The summed E-state index contributed by atoms with van der Waals surface area (Å²) in [5.74, 6) is 0. The van der Waals surface area contributed by atoms with Crippen LogP contribution in [-0.4, -0.2) is 11.8 Å². The standard InChI is InChI=1S/C18H23N/c1-5-17-14(3)10-11-18(19-17)15(4)12-16-9-7-6-8-13(16)2/h5-6,8,10,12,18H,1,7,9,11H2,2-4H3/b15-12+. The topological polar surface area (TPSA) is 12.4 Å². The first-order valence-electron chi connectivity index (χ1n) is 7.03. The molecule has 1 unspecified atom stereocenters. The van der Waals surface area contributed by atoms with E-state index in [1.54, 1.807) is 0 Å². The molecule has 100 valence electrons. The van der Waals surface area contributed by atoms with Crippen molar-refractivity contribution in [1.29, 1.82) is 0 Å². The van der Waals surface area contributed by atoms with Gasteiger partial charge in [0.1, 0.15) is 0 Å². The van der Waals surface area contributed by atoms with Gasteiger partial charge >= 0.3 is 0 Å². The summed E-state index contributed by atoms with van der Waals surface area (Å²) in [6.45, 7) is 10.3. The first-order chi connectivity index (χ1) is 9.11. The second-order valence-electron chi connectivity index (χ2n) is 5.39. The van der Waals surface area contributed by atoms with E-state index in [0.717, 1.165) is 25.0 Å². The molecular formula is C18H23N. The molecule has 2 rings (SSSR count). The Bertz CT molecular complexity index is 524. The SMILES string of the molecule is C=CC1=NC(/C(C)=C/C2=C(C)C=CCC2)CC=C1C. The van der Waals surface area contributed by atoms with Gasteiger partial charge in [0, 0.05) is 0 Å². The van der Waals surface area contributed by atoms with Gasteiger partial charge in [-0.25, -0.2) is 0 Å². The van der Waals surface area contributed by atoms with Gasteiger partial charge < -0.3 is 0 Å². The Labute approximate surface area is 116 Å². The lowest BCUT2D eigenvalue weighted by Gasteiger charge is -2.20. The number of nitrogens with zero attached hydrogens (tertiary/aromatic N) is 1. The zero-order valence-corrected chi connectivity index (χ0v) is 12.2. The quantitative estimate of drug-likeness (QED) is 0.675. The van der Waals surface area contributed by atoms with Gasteiger partial charge in [0.05, 0.1) is 11.8 Å². The molecule has 1 aliphatic carbocycles. The predicted octanol–water partition coefficient (Wildman–Crippen LogP) is 4.94. The fraction of sp³-hybridized carbons (Fsp3) is 0.389. The van der Waals surface area contributed by atoms with E-state index in [9.17, 15) is 0 Å². The highest BCUT2D eigenvalue weighted by Gasteiger charge is 2.15. The van der Waals surface area contributed by atoms with Crippen LogP contribution in [0.2, 0.25) is 0 Å². The largest absolute Gasteiger partial charge is 0.277 e. The van der Waals surface area contributed by atoms with Crippen molar-refractivity contribution in [3.8, 4) is 0 Å². The molecule has 0 aromatic heterocycles. The Morgan fingerprint density at radius 1 is 1.42 bits per heavy atom. The zero-order valence-electron chi connectivity index (χ0n) is 12.2. The zero-order chi connectivity index (χ0) is 13.8. The van der Waals surface area contributed by atoms with Crippen LogP contribution in [0.3, 0.4) is 0 Å². The van der Waals surface area contributed by atoms with Crippen molar-refractivity contribution in [3.05, 3.63) is 59.3 Å². The Morgan fingerprint density at radius 3 is 2.89 bits per heavy atom. The van der Waals surface area contributed by atoms with Crippen LogP contribution in [0.25, 0.3) is 0 Å². The van der Waals surface area contributed by atoms with Crippen molar-refractivity contribution >= 4 is 5.71 Å². The summed E-state index contributed by atoms with van der Waals surface area (Å²) in [6.07, 6.45) is 14.3. The van der Waals surface area contributed by atoms with E-state index >= 15 is 0 Å². The molecule has 0 radical (unpaired) electrons. The highest BCUT2D eigenvalue weighted by molar-refractivity contribution is 6.08. The molecule has 0 bridgehead atoms. The van der Waals surface area contributed by atoms with Crippen molar-refractivity contribution in [2.24, 2.45) is 4.99 Å². The molecule has 0 spiro atoms. The minimum absolute atomic E-state index is 0.280. The molecule has 0 N–H and O–H groups in total. The average Bonchev–Trinajstić information content (AvgIpc) is 2.42. The summed E-state index contributed by atoms with van der Waals surface area (Å²) in [5, 5.41) is 0. The molecule has 2 aliphatic rings. The van der Waals surface area contributed by atoms with Crippen LogP contribution in [0, 0.1) is 0 Å². The number of hydrogen-bond acceptors (Lipinski definition) is 1. The van der Waals surface area contributed by atoms with Crippen LogP contribution in [0.1, 0.15) is 40.0 Å². The molecule has 0 amide bonds. The third-order valence-electron chi connectivity index (χ3n) is 3.92. The normalized spacial score (nSPS) is 24.2. The molecule has 19 heavy (non-hydrogen) atoms. The van der Waals surface area contributed by atoms with Crippen LogP contribution in [-0.2, 0) is 0 Å². The molecular weight excluding hydrogens is 230 g/mol. The van der Waals surface area contributed by atoms with Gasteiger partial charge in [-0.1, -0.05) is 30.9 Å². The van der Waals surface area contributed by atoms with E-state index in [4.69, 9.17) is 4.99 Å². The van der Waals surface area contributed by atoms with Crippen molar-refractivity contribution < 1.29 is 0 Å². The van der Waals surface area contributed by atoms with Crippen molar-refractivity contribution in [2.75, 3.05) is 0 Å². The van der Waals surface area contributed by atoms with Crippen LogP contribution >= 0.6 is 0 Å². The van der Waals surface area contributed by atoms with E-state index in [-0.39, 0.29) is 6.04 Å². The van der Waals surface area contributed by atoms with Crippen molar-refractivity contribution in [3.63, 3.8) is 0 Å². The predicted molar refractivity (Wildman–Crippen MR) is 84.6 cm³/mol. The fourth-order valence-electron chi connectivity index (χ4n) is 2.58. The van der Waals surface area contributed by atoms with E-state index in [1.807, 2.05) is 6.08 Å². The smallest absolute Gasteiger partial charge is 0.0751 e. The molecule has 0 saturated heterocycles. The third-order valence-corrected chi connectivity index (χ3v) is 3.92.